The Bertz CT molecular complexity index is 781. The van der Waals surface area contributed by atoms with E-state index in [1.165, 1.54) is 0 Å². The summed E-state index contributed by atoms with van der Waals surface area (Å²) in [5, 5.41) is 5.01. The number of carbonyl (C=O) groups excluding carboxylic acids is 1. The van der Waals surface area contributed by atoms with Crippen molar-refractivity contribution in [3.05, 3.63) is 27.9 Å². The number of halogens is 3. The molecule has 4 nitrogen and oxygen atoms in total. The van der Waals surface area contributed by atoms with Crippen LogP contribution in [0.4, 0.5) is 8.78 Å². The molecule has 2 aromatic rings. The fourth-order valence-corrected chi connectivity index (χ4v) is 3.97. The Morgan fingerprint density at radius 1 is 1.41 bits per heavy atom. The minimum absolute atomic E-state index is 0.0848. The van der Waals surface area contributed by atoms with Crippen molar-refractivity contribution in [2.75, 3.05) is 6.61 Å². The summed E-state index contributed by atoms with van der Waals surface area (Å²) < 4.78 is 35.3. The molecule has 1 aromatic carbocycles. The molecule has 1 unspecified atom stereocenters. The van der Waals surface area contributed by atoms with Gasteiger partial charge in [-0.05, 0) is 46.8 Å². The monoisotopic (exact) mass is 370 g/mol. The fourth-order valence-electron chi connectivity index (χ4n) is 3.23. The van der Waals surface area contributed by atoms with Gasteiger partial charge < -0.3 is 4.74 Å². The first-order valence-corrected chi connectivity index (χ1v) is 8.01. The van der Waals surface area contributed by atoms with Gasteiger partial charge in [-0.2, -0.15) is 13.9 Å². The number of ketones is 1. The molecule has 0 amide bonds. The molecule has 4 rings (SSSR count). The van der Waals surface area contributed by atoms with Crippen molar-refractivity contribution >= 4 is 32.6 Å². The first-order chi connectivity index (χ1) is 10.5. The van der Waals surface area contributed by atoms with Crippen LogP contribution in [0, 0.1) is 0 Å². The SMILES string of the molecule is O=C1c2c(cc3c(cnn3C3CCCCO3)c2Br)CC1(F)F. The van der Waals surface area contributed by atoms with Crippen LogP contribution in [0.5, 0.6) is 0 Å². The molecule has 2 aliphatic rings. The number of Topliss-reactive ketones (excluding diaryl/α,β-unsaturated/α-hetero) is 1. The second-order valence-corrected chi connectivity index (χ2v) is 6.57. The van der Waals surface area contributed by atoms with Crippen LogP contribution in [0.2, 0.25) is 0 Å². The van der Waals surface area contributed by atoms with E-state index in [0.29, 0.717) is 22.0 Å². The minimum atomic E-state index is -3.32. The maximum atomic E-state index is 13.7. The Morgan fingerprint density at radius 2 is 2.23 bits per heavy atom. The first kappa shape index (κ1) is 14.3. The molecule has 0 saturated carbocycles. The number of nitrogens with zero attached hydrogens (tertiary/aromatic N) is 2. The summed E-state index contributed by atoms with van der Waals surface area (Å²) >= 11 is 3.31. The summed E-state index contributed by atoms with van der Waals surface area (Å²) in [7, 11) is 0. The summed E-state index contributed by atoms with van der Waals surface area (Å²) in [5.41, 5.74) is 1.18. The summed E-state index contributed by atoms with van der Waals surface area (Å²) in [6, 6.07) is 1.65. The Kier molecular flexibility index (Phi) is 3.13. The predicted molar refractivity (Wildman–Crippen MR) is 79.3 cm³/mol. The molecule has 22 heavy (non-hydrogen) atoms. The van der Waals surface area contributed by atoms with Crippen molar-refractivity contribution in [3.8, 4) is 0 Å². The Hall–Kier alpha value is -1.34. The number of ether oxygens (including phenoxy) is 1. The summed E-state index contributed by atoms with van der Waals surface area (Å²) in [6.45, 7) is 0.675. The minimum Gasteiger partial charge on any atom is -0.356 e. The number of fused-ring (bicyclic) bond motifs is 2. The fraction of sp³-hybridized carbons (Fsp3) is 0.467. The molecule has 1 atom stereocenters. The number of hydrogen-bond acceptors (Lipinski definition) is 3. The number of carbonyl (C=O) groups is 1. The molecule has 1 aliphatic heterocycles. The molecule has 0 N–H and O–H groups in total. The average Bonchev–Trinajstić information content (AvgIpc) is 3.00. The van der Waals surface area contributed by atoms with Gasteiger partial charge in [-0.15, -0.1) is 0 Å². The van der Waals surface area contributed by atoms with Gasteiger partial charge in [0.1, 0.15) is 0 Å². The van der Waals surface area contributed by atoms with E-state index in [1.807, 2.05) is 0 Å². The molecular formula is C15H13BrF2N2O2. The van der Waals surface area contributed by atoms with Gasteiger partial charge >= 0.3 is 5.92 Å². The van der Waals surface area contributed by atoms with Crippen LogP contribution in [0.1, 0.15) is 41.4 Å². The number of aromatic nitrogens is 2. The normalized spacial score (nSPS) is 24.0. The molecule has 1 saturated heterocycles. The first-order valence-electron chi connectivity index (χ1n) is 7.22. The molecule has 1 aliphatic carbocycles. The molecule has 0 spiro atoms. The highest BCUT2D eigenvalue weighted by Crippen LogP contribution is 2.42. The van der Waals surface area contributed by atoms with E-state index in [2.05, 4.69) is 21.0 Å². The maximum absolute atomic E-state index is 13.7. The summed E-state index contributed by atoms with van der Waals surface area (Å²) in [6.07, 6.45) is 3.80. The number of alkyl halides is 2. The van der Waals surface area contributed by atoms with Crippen LogP contribution in [0.15, 0.2) is 16.7 Å². The third kappa shape index (κ3) is 1.95. The topological polar surface area (TPSA) is 44.1 Å². The van der Waals surface area contributed by atoms with Gasteiger partial charge in [-0.25, -0.2) is 4.68 Å². The van der Waals surface area contributed by atoms with Crippen molar-refractivity contribution in [2.45, 2.75) is 37.8 Å². The smallest absolute Gasteiger partial charge is 0.313 e. The van der Waals surface area contributed by atoms with E-state index in [0.717, 1.165) is 24.8 Å². The Balaban J connectivity index is 1.88. The second-order valence-electron chi connectivity index (χ2n) is 5.78. The average molecular weight is 371 g/mol. The Labute approximate surface area is 133 Å². The van der Waals surface area contributed by atoms with E-state index in [-0.39, 0.29) is 11.8 Å². The van der Waals surface area contributed by atoms with Crippen LogP contribution < -0.4 is 0 Å². The lowest BCUT2D eigenvalue weighted by Crippen LogP contribution is -2.23. The van der Waals surface area contributed by atoms with E-state index in [1.54, 1.807) is 16.9 Å². The lowest BCUT2D eigenvalue weighted by molar-refractivity contribution is -0.0366. The quantitative estimate of drug-likeness (QED) is 0.765. The zero-order valence-corrected chi connectivity index (χ0v) is 13.2. The molecule has 2 heterocycles. The van der Waals surface area contributed by atoms with Crippen molar-refractivity contribution in [2.24, 2.45) is 0 Å². The van der Waals surface area contributed by atoms with Gasteiger partial charge in [0.05, 0.1) is 11.7 Å². The number of hydrogen-bond donors (Lipinski definition) is 0. The van der Waals surface area contributed by atoms with E-state index in [9.17, 15) is 13.6 Å². The Morgan fingerprint density at radius 3 is 2.95 bits per heavy atom. The number of benzene rings is 1. The third-order valence-electron chi connectivity index (χ3n) is 4.32. The predicted octanol–water partition coefficient (Wildman–Crippen LogP) is 3.87. The summed E-state index contributed by atoms with van der Waals surface area (Å²) in [5.74, 6) is -4.43. The highest BCUT2D eigenvalue weighted by molar-refractivity contribution is 9.10. The second kappa shape index (κ2) is 4.83. The number of rotatable bonds is 1. The molecule has 0 bridgehead atoms. The van der Waals surface area contributed by atoms with Crippen molar-refractivity contribution in [3.63, 3.8) is 0 Å². The summed E-state index contributed by atoms with van der Waals surface area (Å²) in [4.78, 5) is 11.9. The molecular weight excluding hydrogens is 358 g/mol. The van der Waals surface area contributed by atoms with Gasteiger partial charge in [0.2, 0.25) is 5.78 Å². The molecule has 1 fully saturated rings. The molecule has 116 valence electrons. The molecule has 7 heteroatoms. The standard InChI is InChI=1S/C15H13BrF2N2O2/c16-13-9-7-19-20(11-3-1-2-4-22-11)10(9)5-8-6-15(17,18)14(21)12(8)13/h5,7,11H,1-4,6H2. The highest BCUT2D eigenvalue weighted by atomic mass is 79.9. The van der Waals surface area contributed by atoms with E-state index < -0.39 is 18.1 Å². The van der Waals surface area contributed by atoms with Crippen molar-refractivity contribution in [1.82, 2.24) is 9.78 Å². The van der Waals surface area contributed by atoms with Gasteiger partial charge in [-0.1, -0.05) is 0 Å². The van der Waals surface area contributed by atoms with Gasteiger partial charge in [0, 0.05) is 28.5 Å². The molecule has 0 radical (unpaired) electrons. The van der Waals surface area contributed by atoms with Crippen LogP contribution in [0.25, 0.3) is 10.9 Å². The van der Waals surface area contributed by atoms with Crippen LogP contribution >= 0.6 is 15.9 Å². The zero-order valence-electron chi connectivity index (χ0n) is 11.6. The largest absolute Gasteiger partial charge is 0.356 e. The highest BCUT2D eigenvalue weighted by Gasteiger charge is 2.48. The van der Waals surface area contributed by atoms with Gasteiger partial charge in [-0.3, -0.25) is 4.79 Å². The van der Waals surface area contributed by atoms with Crippen molar-refractivity contribution in [1.29, 1.82) is 0 Å². The lowest BCUT2D eigenvalue weighted by Gasteiger charge is -2.23. The maximum Gasteiger partial charge on any atom is 0.313 e. The lowest BCUT2D eigenvalue weighted by atomic mass is 10.1. The van der Waals surface area contributed by atoms with Crippen LogP contribution in [-0.4, -0.2) is 28.1 Å². The van der Waals surface area contributed by atoms with Crippen LogP contribution in [0.3, 0.4) is 0 Å². The van der Waals surface area contributed by atoms with Gasteiger partial charge in [0.25, 0.3) is 0 Å². The van der Waals surface area contributed by atoms with E-state index in [4.69, 9.17) is 4.74 Å². The third-order valence-corrected chi connectivity index (χ3v) is 5.15. The van der Waals surface area contributed by atoms with E-state index >= 15 is 0 Å². The van der Waals surface area contributed by atoms with Crippen LogP contribution in [-0.2, 0) is 11.2 Å². The van der Waals surface area contributed by atoms with Crippen molar-refractivity contribution < 1.29 is 18.3 Å². The van der Waals surface area contributed by atoms with Gasteiger partial charge in [0.15, 0.2) is 6.23 Å². The zero-order chi connectivity index (χ0) is 15.5. The molecule has 1 aromatic heterocycles.